The largest absolute Gasteiger partial charge is 0.493 e. The minimum Gasteiger partial charge on any atom is -0.493 e. The van der Waals surface area contributed by atoms with E-state index in [9.17, 15) is 9.59 Å². The summed E-state index contributed by atoms with van der Waals surface area (Å²) in [5.74, 6) is 1.87. The van der Waals surface area contributed by atoms with Gasteiger partial charge in [-0.1, -0.05) is 11.8 Å². The summed E-state index contributed by atoms with van der Waals surface area (Å²) in [6.45, 7) is 4.59. The van der Waals surface area contributed by atoms with Crippen molar-refractivity contribution in [1.29, 1.82) is 0 Å². The SMILES string of the molecule is COc1cc(C)c([C@H](C)NC(=O)CN2CCSC2=O)cc1OC. The molecule has 1 heterocycles. The Morgan fingerprint density at radius 1 is 1.35 bits per heavy atom. The number of aryl methyl sites for hydroxylation is 1. The quantitative estimate of drug-likeness (QED) is 0.862. The van der Waals surface area contributed by atoms with Gasteiger partial charge in [-0.25, -0.2) is 0 Å². The molecule has 0 saturated carbocycles. The third kappa shape index (κ3) is 4.10. The summed E-state index contributed by atoms with van der Waals surface area (Å²) in [5, 5.41) is 2.90. The first-order valence-corrected chi connectivity index (χ1v) is 8.38. The predicted octanol–water partition coefficient (Wildman–Crippen LogP) is 2.36. The average Bonchev–Trinajstić information content (AvgIpc) is 2.91. The Labute approximate surface area is 140 Å². The van der Waals surface area contributed by atoms with Gasteiger partial charge in [0.05, 0.1) is 20.3 Å². The number of hydrogen-bond acceptors (Lipinski definition) is 5. The van der Waals surface area contributed by atoms with Gasteiger partial charge in [-0.3, -0.25) is 9.59 Å². The lowest BCUT2D eigenvalue weighted by molar-refractivity contribution is -0.122. The minimum atomic E-state index is -0.187. The molecule has 0 radical (unpaired) electrons. The number of carbonyl (C=O) groups is 2. The number of amides is 2. The van der Waals surface area contributed by atoms with Crippen LogP contribution < -0.4 is 14.8 Å². The van der Waals surface area contributed by atoms with E-state index in [1.807, 2.05) is 26.0 Å². The van der Waals surface area contributed by atoms with E-state index in [2.05, 4.69) is 5.32 Å². The molecule has 7 heteroatoms. The van der Waals surface area contributed by atoms with Crippen molar-refractivity contribution in [2.75, 3.05) is 33.1 Å². The van der Waals surface area contributed by atoms with Crippen molar-refractivity contribution >= 4 is 22.9 Å². The standard InChI is InChI=1S/C16H22N2O4S/c1-10-7-13(21-3)14(22-4)8-12(10)11(2)17-15(19)9-18-5-6-23-16(18)20/h7-8,11H,5-6,9H2,1-4H3,(H,17,19)/t11-/m0/s1. The number of hydrogen-bond donors (Lipinski definition) is 1. The van der Waals surface area contributed by atoms with Crippen molar-refractivity contribution in [2.45, 2.75) is 19.9 Å². The number of ether oxygens (including phenoxy) is 2. The lowest BCUT2D eigenvalue weighted by Gasteiger charge is -2.21. The number of carbonyl (C=O) groups excluding carboxylic acids is 2. The van der Waals surface area contributed by atoms with Crippen LogP contribution in [0.25, 0.3) is 0 Å². The Morgan fingerprint density at radius 3 is 2.57 bits per heavy atom. The van der Waals surface area contributed by atoms with Crippen LogP contribution in [0.1, 0.15) is 24.1 Å². The summed E-state index contributed by atoms with van der Waals surface area (Å²) < 4.78 is 10.6. The normalized spacial score (nSPS) is 15.5. The molecule has 2 amide bonds. The van der Waals surface area contributed by atoms with Crippen molar-refractivity contribution < 1.29 is 19.1 Å². The Balaban J connectivity index is 2.06. The minimum absolute atomic E-state index is 0.0323. The Morgan fingerprint density at radius 2 is 2.00 bits per heavy atom. The molecular formula is C16H22N2O4S. The fourth-order valence-corrected chi connectivity index (χ4v) is 3.40. The summed E-state index contributed by atoms with van der Waals surface area (Å²) >= 11 is 1.25. The van der Waals surface area contributed by atoms with Gasteiger partial charge in [0.1, 0.15) is 6.54 Å². The van der Waals surface area contributed by atoms with Crippen molar-refractivity contribution in [1.82, 2.24) is 10.2 Å². The van der Waals surface area contributed by atoms with Crippen LogP contribution in [0, 0.1) is 6.92 Å². The summed E-state index contributed by atoms with van der Waals surface area (Å²) in [6, 6.07) is 3.57. The van der Waals surface area contributed by atoms with Crippen molar-refractivity contribution in [3.05, 3.63) is 23.3 Å². The summed E-state index contributed by atoms with van der Waals surface area (Å²) in [6.07, 6.45) is 0. The highest BCUT2D eigenvalue weighted by Crippen LogP contribution is 2.32. The van der Waals surface area contributed by atoms with E-state index < -0.39 is 0 Å². The van der Waals surface area contributed by atoms with Crippen LogP contribution >= 0.6 is 11.8 Å². The van der Waals surface area contributed by atoms with Gasteiger partial charge in [-0.15, -0.1) is 0 Å². The molecule has 126 valence electrons. The monoisotopic (exact) mass is 338 g/mol. The second kappa shape index (κ2) is 7.59. The van der Waals surface area contributed by atoms with E-state index in [0.29, 0.717) is 18.0 Å². The molecule has 0 bridgehead atoms. The number of methoxy groups -OCH3 is 2. The van der Waals surface area contributed by atoms with E-state index in [4.69, 9.17) is 9.47 Å². The Kier molecular flexibility index (Phi) is 5.76. The molecule has 1 aromatic carbocycles. The van der Waals surface area contributed by atoms with Crippen LogP contribution in [0.15, 0.2) is 12.1 Å². The number of benzene rings is 1. The highest BCUT2D eigenvalue weighted by molar-refractivity contribution is 8.13. The molecule has 0 unspecified atom stereocenters. The molecule has 1 fully saturated rings. The zero-order valence-corrected chi connectivity index (χ0v) is 14.7. The zero-order valence-electron chi connectivity index (χ0n) is 13.8. The van der Waals surface area contributed by atoms with E-state index in [-0.39, 0.29) is 23.7 Å². The van der Waals surface area contributed by atoms with Crippen LogP contribution in [0.2, 0.25) is 0 Å². The lowest BCUT2D eigenvalue weighted by atomic mass is 10.0. The molecule has 0 aliphatic carbocycles. The highest BCUT2D eigenvalue weighted by Gasteiger charge is 2.24. The first-order chi connectivity index (χ1) is 11.0. The van der Waals surface area contributed by atoms with Gasteiger partial charge >= 0.3 is 0 Å². The fraction of sp³-hybridized carbons (Fsp3) is 0.500. The third-order valence-electron chi connectivity index (χ3n) is 3.80. The average molecular weight is 338 g/mol. The molecule has 6 nitrogen and oxygen atoms in total. The van der Waals surface area contributed by atoms with Crippen LogP contribution in [-0.4, -0.2) is 49.1 Å². The lowest BCUT2D eigenvalue weighted by Crippen LogP contribution is -2.38. The van der Waals surface area contributed by atoms with Crippen LogP contribution in [0.3, 0.4) is 0 Å². The van der Waals surface area contributed by atoms with Crippen molar-refractivity contribution in [3.63, 3.8) is 0 Å². The summed E-state index contributed by atoms with van der Waals surface area (Å²) in [7, 11) is 3.17. The molecule has 0 aromatic heterocycles. The predicted molar refractivity (Wildman–Crippen MR) is 90.3 cm³/mol. The van der Waals surface area contributed by atoms with Crippen molar-refractivity contribution in [3.8, 4) is 11.5 Å². The van der Waals surface area contributed by atoms with Gasteiger partial charge in [-0.2, -0.15) is 0 Å². The molecule has 2 rings (SSSR count). The van der Waals surface area contributed by atoms with E-state index in [0.717, 1.165) is 16.9 Å². The van der Waals surface area contributed by atoms with Crippen LogP contribution in [-0.2, 0) is 4.79 Å². The fourth-order valence-electron chi connectivity index (χ4n) is 2.57. The molecule has 0 spiro atoms. The molecular weight excluding hydrogens is 316 g/mol. The molecule has 1 atom stereocenters. The molecule has 1 N–H and O–H groups in total. The van der Waals surface area contributed by atoms with Crippen LogP contribution in [0.5, 0.6) is 11.5 Å². The van der Waals surface area contributed by atoms with Crippen molar-refractivity contribution in [2.24, 2.45) is 0 Å². The second-order valence-corrected chi connectivity index (χ2v) is 6.44. The van der Waals surface area contributed by atoms with E-state index in [1.165, 1.54) is 11.8 Å². The number of thioether (sulfide) groups is 1. The Bertz CT molecular complexity index is 606. The number of nitrogens with zero attached hydrogens (tertiary/aromatic N) is 1. The molecule has 1 aromatic rings. The first-order valence-electron chi connectivity index (χ1n) is 7.39. The van der Waals surface area contributed by atoms with Crippen LogP contribution in [0.4, 0.5) is 4.79 Å². The maximum atomic E-state index is 12.1. The van der Waals surface area contributed by atoms with Gasteiger partial charge in [-0.05, 0) is 37.1 Å². The van der Waals surface area contributed by atoms with Gasteiger partial charge < -0.3 is 19.7 Å². The van der Waals surface area contributed by atoms with E-state index in [1.54, 1.807) is 19.1 Å². The maximum absolute atomic E-state index is 12.1. The summed E-state index contributed by atoms with van der Waals surface area (Å²) in [5.41, 5.74) is 1.96. The van der Waals surface area contributed by atoms with Gasteiger partial charge in [0.2, 0.25) is 5.91 Å². The zero-order chi connectivity index (χ0) is 17.0. The van der Waals surface area contributed by atoms with E-state index >= 15 is 0 Å². The molecule has 1 saturated heterocycles. The smallest absolute Gasteiger partial charge is 0.282 e. The van der Waals surface area contributed by atoms with Gasteiger partial charge in [0.15, 0.2) is 11.5 Å². The third-order valence-corrected chi connectivity index (χ3v) is 4.69. The second-order valence-electron chi connectivity index (χ2n) is 5.39. The van der Waals surface area contributed by atoms with Gasteiger partial charge in [0.25, 0.3) is 5.24 Å². The summed E-state index contributed by atoms with van der Waals surface area (Å²) in [4.78, 5) is 25.3. The topological polar surface area (TPSA) is 67.9 Å². The molecule has 1 aliphatic rings. The molecule has 1 aliphatic heterocycles. The Hall–Kier alpha value is -1.89. The highest BCUT2D eigenvalue weighted by atomic mass is 32.2. The number of nitrogens with one attached hydrogen (secondary N) is 1. The first kappa shape index (κ1) is 17.5. The van der Waals surface area contributed by atoms with Gasteiger partial charge in [0, 0.05) is 12.3 Å². The molecule has 23 heavy (non-hydrogen) atoms. The maximum Gasteiger partial charge on any atom is 0.282 e. The number of rotatable bonds is 6.